The minimum Gasteiger partial charge on any atom is -0.484 e. The third kappa shape index (κ3) is 4.10. The Morgan fingerprint density at radius 2 is 1.81 bits per heavy atom. The number of halogens is 1. The molecule has 1 N–H and O–H groups in total. The van der Waals surface area contributed by atoms with Crippen LogP contribution in [0.15, 0.2) is 66.9 Å². The monoisotopic (exact) mass is 448 g/mol. The molecule has 8 heteroatoms. The number of methoxy groups -OCH3 is 1. The van der Waals surface area contributed by atoms with E-state index in [9.17, 15) is 14.7 Å². The second-order valence-electron chi connectivity index (χ2n) is 6.80. The van der Waals surface area contributed by atoms with Crippen LogP contribution in [0.4, 0.5) is 0 Å². The van der Waals surface area contributed by atoms with E-state index in [-0.39, 0.29) is 34.6 Å². The first-order chi connectivity index (χ1) is 15.5. The summed E-state index contributed by atoms with van der Waals surface area (Å²) >= 11 is 6.15. The SMILES string of the molecule is COC(=O)c1nc(C(=O)O)c2c(-c3cccc(Cl)c3)ccnc2c1OCc1ccccc1. The van der Waals surface area contributed by atoms with Crippen molar-refractivity contribution in [3.63, 3.8) is 0 Å². The number of aromatic nitrogens is 2. The van der Waals surface area contributed by atoms with Gasteiger partial charge in [-0.05, 0) is 34.9 Å². The molecule has 4 aromatic rings. The Morgan fingerprint density at radius 3 is 2.50 bits per heavy atom. The minimum atomic E-state index is -1.31. The molecule has 0 amide bonds. The van der Waals surface area contributed by atoms with E-state index in [0.717, 1.165) is 5.56 Å². The lowest BCUT2D eigenvalue weighted by molar-refractivity contribution is 0.0588. The first-order valence-electron chi connectivity index (χ1n) is 9.56. The third-order valence-electron chi connectivity index (χ3n) is 4.78. The lowest BCUT2D eigenvalue weighted by Gasteiger charge is -2.16. The van der Waals surface area contributed by atoms with Crippen LogP contribution < -0.4 is 4.74 Å². The summed E-state index contributed by atoms with van der Waals surface area (Å²) in [7, 11) is 1.19. The van der Waals surface area contributed by atoms with Gasteiger partial charge in [0.1, 0.15) is 12.1 Å². The van der Waals surface area contributed by atoms with Crippen LogP contribution in [-0.2, 0) is 11.3 Å². The molecule has 2 heterocycles. The van der Waals surface area contributed by atoms with Crippen LogP contribution >= 0.6 is 11.6 Å². The van der Waals surface area contributed by atoms with Crippen LogP contribution in [0.1, 0.15) is 26.5 Å². The zero-order valence-electron chi connectivity index (χ0n) is 16.9. The van der Waals surface area contributed by atoms with Crippen molar-refractivity contribution in [3.05, 3.63) is 88.8 Å². The molecule has 0 bridgehead atoms. The zero-order valence-corrected chi connectivity index (χ0v) is 17.7. The van der Waals surface area contributed by atoms with Crippen molar-refractivity contribution in [3.8, 4) is 16.9 Å². The van der Waals surface area contributed by atoms with E-state index >= 15 is 0 Å². The van der Waals surface area contributed by atoms with Crippen molar-refractivity contribution in [2.24, 2.45) is 0 Å². The van der Waals surface area contributed by atoms with Gasteiger partial charge in [0.05, 0.1) is 7.11 Å². The largest absolute Gasteiger partial charge is 0.484 e. The molecule has 2 aromatic carbocycles. The van der Waals surface area contributed by atoms with Gasteiger partial charge in [-0.25, -0.2) is 14.6 Å². The summed E-state index contributed by atoms with van der Waals surface area (Å²) in [6, 6.07) is 18.0. The number of carboxylic acids is 1. The maximum absolute atomic E-state index is 12.5. The summed E-state index contributed by atoms with van der Waals surface area (Å²) in [5, 5.41) is 10.6. The van der Waals surface area contributed by atoms with Crippen LogP contribution in [0, 0.1) is 0 Å². The van der Waals surface area contributed by atoms with Crippen molar-refractivity contribution >= 4 is 34.4 Å². The van der Waals surface area contributed by atoms with Gasteiger partial charge in [0.2, 0.25) is 0 Å². The molecule has 160 valence electrons. The number of pyridine rings is 2. The normalized spacial score (nSPS) is 10.7. The number of carboxylic acid groups (broad SMARTS) is 1. The van der Waals surface area contributed by atoms with Crippen LogP contribution in [0.3, 0.4) is 0 Å². The van der Waals surface area contributed by atoms with E-state index in [1.807, 2.05) is 30.3 Å². The van der Waals surface area contributed by atoms with Crippen LogP contribution in [0.2, 0.25) is 5.02 Å². The summed E-state index contributed by atoms with van der Waals surface area (Å²) in [4.78, 5) is 33.0. The molecular weight excluding hydrogens is 432 g/mol. The van der Waals surface area contributed by atoms with Crippen LogP contribution in [-0.4, -0.2) is 34.1 Å². The van der Waals surface area contributed by atoms with E-state index in [2.05, 4.69) is 9.97 Å². The topological polar surface area (TPSA) is 98.6 Å². The minimum absolute atomic E-state index is 0.0459. The standard InChI is InChI=1S/C24H17ClN2O5/c1-31-24(30)21-22(32-13-14-6-3-2-4-7-14)19-18(20(27-21)23(28)29)17(10-11-26-19)15-8-5-9-16(25)12-15/h2-12H,13H2,1H3,(H,28,29). The molecule has 2 aromatic heterocycles. The summed E-state index contributed by atoms with van der Waals surface area (Å²) < 4.78 is 10.8. The number of carbonyl (C=O) groups is 2. The number of ether oxygens (including phenoxy) is 2. The maximum atomic E-state index is 12.5. The summed E-state index contributed by atoms with van der Waals surface area (Å²) in [5.74, 6) is -2.09. The summed E-state index contributed by atoms with van der Waals surface area (Å²) in [6.45, 7) is 0.122. The van der Waals surface area contributed by atoms with Gasteiger partial charge in [-0.15, -0.1) is 0 Å². The molecule has 0 aliphatic heterocycles. The van der Waals surface area contributed by atoms with Crippen molar-refractivity contribution in [1.82, 2.24) is 9.97 Å². The molecule has 0 spiro atoms. The smallest absolute Gasteiger partial charge is 0.360 e. The Bertz CT molecular complexity index is 1330. The van der Waals surface area contributed by atoms with Crippen LogP contribution in [0.5, 0.6) is 5.75 Å². The molecule has 0 saturated carbocycles. The Balaban J connectivity index is 1.99. The molecule has 7 nitrogen and oxygen atoms in total. The van der Waals surface area contributed by atoms with E-state index in [1.54, 1.807) is 30.3 Å². The number of rotatable bonds is 6. The second-order valence-corrected chi connectivity index (χ2v) is 7.24. The molecule has 0 aliphatic carbocycles. The molecule has 0 saturated heterocycles. The lowest BCUT2D eigenvalue weighted by atomic mass is 9.99. The fraction of sp³-hybridized carbons (Fsp3) is 0.0833. The van der Waals surface area contributed by atoms with Gasteiger partial charge in [-0.3, -0.25) is 4.98 Å². The number of esters is 1. The fourth-order valence-corrected chi connectivity index (χ4v) is 3.55. The van der Waals surface area contributed by atoms with Gasteiger partial charge in [-0.1, -0.05) is 54.1 Å². The number of fused-ring (bicyclic) bond motifs is 1. The van der Waals surface area contributed by atoms with Crippen molar-refractivity contribution in [2.45, 2.75) is 6.61 Å². The molecule has 32 heavy (non-hydrogen) atoms. The van der Waals surface area contributed by atoms with E-state index in [4.69, 9.17) is 21.1 Å². The summed E-state index contributed by atoms with van der Waals surface area (Å²) in [5.41, 5.74) is 1.66. The molecule has 4 rings (SSSR count). The molecule has 0 aliphatic rings. The predicted octanol–water partition coefficient (Wildman–Crippen LogP) is 5.01. The third-order valence-corrected chi connectivity index (χ3v) is 5.02. The highest BCUT2D eigenvalue weighted by Crippen LogP contribution is 2.37. The number of hydrogen-bond acceptors (Lipinski definition) is 6. The number of aromatic carboxylic acids is 1. The quantitative estimate of drug-likeness (QED) is 0.414. The molecule has 0 radical (unpaired) electrons. The van der Waals surface area contributed by atoms with Gasteiger partial charge < -0.3 is 14.6 Å². The maximum Gasteiger partial charge on any atom is 0.360 e. The number of nitrogens with zero attached hydrogens (tertiary/aromatic N) is 2. The Kier molecular flexibility index (Phi) is 6.00. The van der Waals surface area contributed by atoms with Crippen molar-refractivity contribution in [2.75, 3.05) is 7.11 Å². The van der Waals surface area contributed by atoms with Gasteiger partial charge in [0.25, 0.3) is 0 Å². The van der Waals surface area contributed by atoms with E-state index < -0.39 is 11.9 Å². The molecular formula is C24H17ClN2O5. The number of carbonyl (C=O) groups excluding carboxylic acids is 1. The van der Waals surface area contributed by atoms with Gasteiger partial charge >= 0.3 is 11.9 Å². The Hall–Kier alpha value is -3.97. The molecule has 0 atom stereocenters. The molecule has 0 unspecified atom stereocenters. The highest BCUT2D eigenvalue weighted by atomic mass is 35.5. The predicted molar refractivity (Wildman–Crippen MR) is 119 cm³/mol. The number of benzene rings is 2. The fourth-order valence-electron chi connectivity index (χ4n) is 3.36. The lowest BCUT2D eigenvalue weighted by Crippen LogP contribution is -2.14. The van der Waals surface area contributed by atoms with Crippen molar-refractivity contribution in [1.29, 1.82) is 0 Å². The van der Waals surface area contributed by atoms with E-state index in [0.29, 0.717) is 16.1 Å². The second kappa shape index (κ2) is 9.03. The highest BCUT2D eigenvalue weighted by Gasteiger charge is 2.27. The van der Waals surface area contributed by atoms with Crippen LogP contribution in [0.25, 0.3) is 22.0 Å². The van der Waals surface area contributed by atoms with Gasteiger partial charge in [-0.2, -0.15) is 0 Å². The van der Waals surface area contributed by atoms with Gasteiger partial charge in [0, 0.05) is 16.6 Å². The number of hydrogen-bond donors (Lipinski definition) is 1. The Morgan fingerprint density at radius 1 is 1.03 bits per heavy atom. The summed E-state index contributed by atoms with van der Waals surface area (Å²) in [6.07, 6.45) is 1.51. The highest BCUT2D eigenvalue weighted by molar-refractivity contribution is 6.31. The van der Waals surface area contributed by atoms with E-state index in [1.165, 1.54) is 13.3 Å². The first kappa shape index (κ1) is 21.3. The zero-order chi connectivity index (χ0) is 22.7. The Labute approximate surface area is 188 Å². The van der Waals surface area contributed by atoms with Crippen molar-refractivity contribution < 1.29 is 24.2 Å². The average Bonchev–Trinajstić information content (AvgIpc) is 2.81. The average molecular weight is 449 g/mol. The molecule has 0 fully saturated rings. The first-order valence-corrected chi connectivity index (χ1v) is 9.94. The van der Waals surface area contributed by atoms with Gasteiger partial charge in [0.15, 0.2) is 17.1 Å².